The quantitative estimate of drug-likeness (QED) is 0.844. The third kappa shape index (κ3) is 3.16. The van der Waals surface area contributed by atoms with Gasteiger partial charge in [-0.05, 0) is 37.5 Å². The summed E-state index contributed by atoms with van der Waals surface area (Å²) in [6, 6.07) is 5.03. The summed E-state index contributed by atoms with van der Waals surface area (Å²) in [5.74, 6) is 0.0789. The van der Waals surface area contributed by atoms with Gasteiger partial charge in [-0.2, -0.15) is 4.31 Å². The fourth-order valence-electron chi connectivity index (χ4n) is 3.02. The number of hydrogen-bond acceptors (Lipinski definition) is 4. The number of sulfonamides is 1. The SMILES string of the molecule is Cc1ccc(S(=O)(=O)N2CCC[C@@H](C3OCCO3)C2)c(Cl)c1. The minimum Gasteiger partial charge on any atom is -0.350 e. The van der Waals surface area contributed by atoms with Gasteiger partial charge in [0.2, 0.25) is 10.0 Å². The highest BCUT2D eigenvalue weighted by Crippen LogP contribution is 2.31. The first-order valence-corrected chi connectivity index (χ1v) is 9.30. The fraction of sp³-hybridized carbons (Fsp3) is 0.600. The van der Waals surface area contributed by atoms with E-state index in [1.807, 2.05) is 6.92 Å². The first-order valence-electron chi connectivity index (χ1n) is 7.48. The number of nitrogens with zero attached hydrogens (tertiary/aromatic N) is 1. The Morgan fingerprint density at radius 1 is 1.27 bits per heavy atom. The van der Waals surface area contributed by atoms with E-state index in [9.17, 15) is 8.42 Å². The zero-order valence-electron chi connectivity index (χ0n) is 12.5. The van der Waals surface area contributed by atoms with E-state index in [1.165, 1.54) is 4.31 Å². The molecule has 0 aliphatic carbocycles. The molecule has 5 nitrogen and oxygen atoms in total. The van der Waals surface area contributed by atoms with Crippen molar-refractivity contribution in [3.05, 3.63) is 28.8 Å². The number of rotatable bonds is 3. The Morgan fingerprint density at radius 3 is 2.68 bits per heavy atom. The van der Waals surface area contributed by atoms with Crippen molar-refractivity contribution in [1.82, 2.24) is 4.31 Å². The van der Waals surface area contributed by atoms with Crippen LogP contribution in [-0.4, -0.2) is 45.3 Å². The maximum atomic E-state index is 12.8. The second-order valence-corrected chi connectivity index (χ2v) is 8.12. The summed E-state index contributed by atoms with van der Waals surface area (Å²) >= 11 is 6.14. The predicted octanol–water partition coefficient (Wildman–Crippen LogP) is 2.42. The molecular weight excluding hydrogens is 326 g/mol. The largest absolute Gasteiger partial charge is 0.350 e. The van der Waals surface area contributed by atoms with E-state index in [-0.39, 0.29) is 22.1 Å². The van der Waals surface area contributed by atoms with Crippen molar-refractivity contribution in [3.63, 3.8) is 0 Å². The van der Waals surface area contributed by atoms with Crippen molar-refractivity contribution in [3.8, 4) is 0 Å². The molecule has 7 heteroatoms. The van der Waals surface area contributed by atoms with Gasteiger partial charge in [-0.25, -0.2) is 8.42 Å². The Balaban J connectivity index is 1.82. The lowest BCUT2D eigenvalue weighted by Gasteiger charge is -2.34. The number of hydrogen-bond donors (Lipinski definition) is 0. The van der Waals surface area contributed by atoms with Gasteiger partial charge in [0.15, 0.2) is 6.29 Å². The molecule has 0 spiro atoms. The van der Waals surface area contributed by atoms with Crippen LogP contribution in [0.4, 0.5) is 0 Å². The van der Waals surface area contributed by atoms with E-state index in [4.69, 9.17) is 21.1 Å². The predicted molar refractivity (Wildman–Crippen MR) is 83.4 cm³/mol. The highest BCUT2D eigenvalue weighted by atomic mass is 35.5. The molecule has 0 aromatic heterocycles. The first-order chi connectivity index (χ1) is 10.5. The Bertz CT molecular complexity index is 643. The summed E-state index contributed by atoms with van der Waals surface area (Å²) in [5.41, 5.74) is 0.938. The average Bonchev–Trinajstić information content (AvgIpc) is 3.01. The maximum Gasteiger partial charge on any atom is 0.244 e. The first kappa shape index (κ1) is 16.2. The smallest absolute Gasteiger partial charge is 0.244 e. The van der Waals surface area contributed by atoms with Gasteiger partial charge in [0.1, 0.15) is 4.90 Å². The molecular formula is C15H20ClNO4S. The van der Waals surface area contributed by atoms with Gasteiger partial charge in [-0.1, -0.05) is 17.7 Å². The van der Waals surface area contributed by atoms with Crippen molar-refractivity contribution in [2.75, 3.05) is 26.3 Å². The van der Waals surface area contributed by atoms with Gasteiger partial charge in [-0.15, -0.1) is 0 Å². The molecule has 0 radical (unpaired) electrons. The monoisotopic (exact) mass is 345 g/mol. The lowest BCUT2D eigenvalue weighted by atomic mass is 9.99. The van der Waals surface area contributed by atoms with Crippen LogP contribution in [0.25, 0.3) is 0 Å². The topological polar surface area (TPSA) is 55.8 Å². The van der Waals surface area contributed by atoms with Crippen LogP contribution in [0.15, 0.2) is 23.1 Å². The molecule has 1 aromatic carbocycles. The summed E-state index contributed by atoms with van der Waals surface area (Å²) in [4.78, 5) is 0.175. The lowest BCUT2D eigenvalue weighted by molar-refractivity contribution is -0.0940. The van der Waals surface area contributed by atoms with Crippen LogP contribution >= 0.6 is 11.6 Å². The van der Waals surface area contributed by atoms with Crippen LogP contribution in [0.3, 0.4) is 0 Å². The summed E-state index contributed by atoms with van der Waals surface area (Å²) < 4.78 is 38.2. The molecule has 0 bridgehead atoms. The molecule has 0 N–H and O–H groups in total. The minimum absolute atomic E-state index is 0.0789. The molecule has 0 amide bonds. The van der Waals surface area contributed by atoms with Gasteiger partial charge in [0.25, 0.3) is 0 Å². The second-order valence-electron chi connectivity index (χ2n) is 5.81. The molecule has 2 saturated heterocycles. The zero-order valence-corrected chi connectivity index (χ0v) is 14.1. The Kier molecular flexibility index (Phi) is 4.75. The highest BCUT2D eigenvalue weighted by Gasteiger charge is 2.36. The van der Waals surface area contributed by atoms with Crippen molar-refractivity contribution in [2.24, 2.45) is 5.92 Å². The van der Waals surface area contributed by atoms with Gasteiger partial charge in [0, 0.05) is 19.0 Å². The van der Waals surface area contributed by atoms with Crippen LogP contribution in [-0.2, 0) is 19.5 Å². The van der Waals surface area contributed by atoms with Gasteiger partial charge in [-0.3, -0.25) is 0 Å². The number of halogens is 1. The average molecular weight is 346 g/mol. The lowest BCUT2D eigenvalue weighted by Crippen LogP contribution is -2.43. The maximum absolute atomic E-state index is 12.8. The summed E-state index contributed by atoms with van der Waals surface area (Å²) in [6.07, 6.45) is 1.43. The number of ether oxygens (including phenoxy) is 2. The van der Waals surface area contributed by atoms with Crippen LogP contribution in [0.1, 0.15) is 18.4 Å². The van der Waals surface area contributed by atoms with E-state index >= 15 is 0 Å². The van der Waals surface area contributed by atoms with E-state index in [0.717, 1.165) is 18.4 Å². The van der Waals surface area contributed by atoms with Crippen molar-refractivity contribution >= 4 is 21.6 Å². The summed E-state index contributed by atoms with van der Waals surface area (Å²) in [6.45, 7) is 3.97. The van der Waals surface area contributed by atoms with Crippen LogP contribution in [0.2, 0.25) is 5.02 Å². The Labute approximate surface area is 136 Å². The summed E-state index contributed by atoms with van der Waals surface area (Å²) in [7, 11) is -3.58. The van der Waals surface area contributed by atoms with Gasteiger partial charge in [0.05, 0.1) is 18.2 Å². The molecule has 1 atom stereocenters. The minimum atomic E-state index is -3.58. The molecule has 2 fully saturated rings. The number of benzene rings is 1. The standard InChI is InChI=1S/C15H20ClNO4S/c1-11-4-5-14(13(16)9-11)22(18,19)17-6-2-3-12(10-17)15-20-7-8-21-15/h4-5,9,12,15H,2-3,6-8,10H2,1H3/t12-/m1/s1. The normalized spacial score (nSPS) is 24.7. The van der Waals surface area contributed by atoms with Crippen LogP contribution < -0.4 is 0 Å². The van der Waals surface area contributed by atoms with E-state index < -0.39 is 10.0 Å². The third-order valence-corrected chi connectivity index (χ3v) is 6.51. The molecule has 122 valence electrons. The second kappa shape index (κ2) is 6.45. The molecule has 2 aliphatic heterocycles. The Hall–Kier alpha value is -0.660. The van der Waals surface area contributed by atoms with Crippen molar-refractivity contribution < 1.29 is 17.9 Å². The fourth-order valence-corrected chi connectivity index (χ4v) is 5.13. The molecule has 0 unspecified atom stereocenters. The molecule has 1 aromatic rings. The molecule has 2 heterocycles. The summed E-state index contributed by atoms with van der Waals surface area (Å²) in [5, 5.41) is 0.274. The van der Waals surface area contributed by atoms with Gasteiger partial charge >= 0.3 is 0 Å². The van der Waals surface area contributed by atoms with Crippen LogP contribution in [0.5, 0.6) is 0 Å². The third-order valence-electron chi connectivity index (χ3n) is 4.16. The van der Waals surface area contributed by atoms with E-state index in [1.54, 1.807) is 18.2 Å². The number of piperidine rings is 1. The molecule has 0 saturated carbocycles. The Morgan fingerprint density at radius 2 is 2.00 bits per heavy atom. The van der Waals surface area contributed by atoms with Crippen molar-refractivity contribution in [1.29, 1.82) is 0 Å². The molecule has 3 rings (SSSR count). The molecule has 22 heavy (non-hydrogen) atoms. The number of aryl methyl sites for hydroxylation is 1. The van der Waals surface area contributed by atoms with E-state index in [0.29, 0.717) is 26.3 Å². The molecule has 2 aliphatic rings. The van der Waals surface area contributed by atoms with Gasteiger partial charge < -0.3 is 9.47 Å². The van der Waals surface area contributed by atoms with E-state index in [2.05, 4.69) is 0 Å². The van der Waals surface area contributed by atoms with Crippen LogP contribution in [0, 0.1) is 12.8 Å². The highest BCUT2D eigenvalue weighted by molar-refractivity contribution is 7.89. The van der Waals surface area contributed by atoms with Crippen molar-refractivity contribution in [2.45, 2.75) is 31.0 Å². The zero-order chi connectivity index (χ0) is 15.7.